The monoisotopic (exact) mass is 869 g/mol. The van der Waals surface area contributed by atoms with Gasteiger partial charge in [-0.05, 0) is 113 Å². The normalized spacial score (nSPS) is 11.5. The summed E-state index contributed by atoms with van der Waals surface area (Å²) >= 11 is 0. The molecule has 0 unspecified atom stereocenters. The molecule has 0 bridgehead atoms. The Kier molecular flexibility index (Phi) is 9.43. The van der Waals surface area contributed by atoms with Crippen LogP contribution >= 0.6 is 0 Å². The quantitative estimate of drug-likeness (QED) is 0.145. The molecule has 68 heavy (non-hydrogen) atoms. The van der Waals surface area contributed by atoms with Gasteiger partial charge in [0.2, 0.25) is 0 Å². The lowest BCUT2D eigenvalue weighted by atomic mass is 10.0. The zero-order chi connectivity index (χ0) is 45.0. The number of hydrogen-bond donors (Lipinski definition) is 0. The maximum Gasteiger partial charge on any atom is 0.165 e. The average Bonchev–Trinajstić information content (AvgIpc) is 4.08. The maximum atomic E-state index is 5.56. The second-order valence-electron chi connectivity index (χ2n) is 17.2. The highest BCUT2D eigenvalue weighted by Gasteiger charge is 2.27. The minimum atomic E-state index is 0.907. The second kappa shape index (κ2) is 16.4. The van der Waals surface area contributed by atoms with Crippen LogP contribution in [0.4, 0.5) is 17.1 Å². The number of anilines is 3. The summed E-state index contributed by atoms with van der Waals surface area (Å²) in [7, 11) is 0. The lowest BCUT2D eigenvalue weighted by Gasteiger charge is -2.26. The highest BCUT2D eigenvalue weighted by Crippen LogP contribution is 2.45. The van der Waals surface area contributed by atoms with Crippen molar-refractivity contribution >= 4 is 60.9 Å². The Morgan fingerprint density at radius 2 is 0.706 bits per heavy atom. The van der Waals surface area contributed by atoms with Crippen LogP contribution in [0.5, 0.6) is 0 Å². The molecule has 3 heterocycles. The fourth-order valence-electron chi connectivity index (χ4n) is 10.2. The molecule has 0 aliphatic rings. The van der Waals surface area contributed by atoms with Crippen molar-refractivity contribution in [1.29, 1.82) is 0 Å². The molecule has 0 saturated heterocycles. The van der Waals surface area contributed by atoms with Gasteiger partial charge in [0.05, 0.1) is 16.6 Å². The molecule has 0 saturated carbocycles. The van der Waals surface area contributed by atoms with E-state index >= 15 is 0 Å². The minimum Gasteiger partial charge on any atom is -0.311 e. The number of rotatable bonds is 9. The number of para-hydroxylation sites is 3. The minimum absolute atomic E-state index is 0.907. The van der Waals surface area contributed by atoms with Crippen LogP contribution in [0.3, 0.4) is 0 Å². The maximum absolute atomic E-state index is 5.56. The van der Waals surface area contributed by atoms with E-state index in [2.05, 4.69) is 279 Å². The van der Waals surface area contributed by atoms with Crippen molar-refractivity contribution in [2.24, 2.45) is 0 Å². The summed E-state index contributed by atoms with van der Waals surface area (Å²) in [6.45, 7) is 0. The largest absolute Gasteiger partial charge is 0.311 e. The van der Waals surface area contributed by atoms with E-state index in [4.69, 9.17) is 4.98 Å². The third-order valence-corrected chi connectivity index (χ3v) is 13.3. The van der Waals surface area contributed by atoms with Crippen molar-refractivity contribution in [2.45, 2.75) is 0 Å². The van der Waals surface area contributed by atoms with Crippen LogP contribution in [-0.4, -0.2) is 18.7 Å². The molecular formula is C63H43N5. The van der Waals surface area contributed by atoms with Crippen LogP contribution < -0.4 is 4.90 Å². The molecule has 0 radical (unpaired) electrons. The summed E-state index contributed by atoms with van der Waals surface area (Å²) in [6, 6.07) is 93.2. The zero-order valence-electron chi connectivity index (χ0n) is 37.1. The molecular weight excluding hydrogens is 827 g/mol. The Morgan fingerprint density at radius 3 is 1.25 bits per heavy atom. The SMILES string of the molecule is c1ccc(-c2ccc(N(c3ccc(-c4ccccc4)cc3)c3ccc(-n4c5ccccc5c5c4ccc4c6c(nc(-c7ccccc7)n6-c6ccccc6)n(-c6ccccc6)c45)cc3)cc2)cc1. The summed E-state index contributed by atoms with van der Waals surface area (Å²) in [5, 5.41) is 3.51. The van der Waals surface area contributed by atoms with E-state index in [1.807, 2.05) is 0 Å². The third kappa shape index (κ3) is 6.51. The number of fused-ring (bicyclic) bond motifs is 7. The molecule has 0 N–H and O–H groups in total. The van der Waals surface area contributed by atoms with Crippen LogP contribution in [-0.2, 0) is 0 Å². The predicted octanol–water partition coefficient (Wildman–Crippen LogP) is 16.5. The van der Waals surface area contributed by atoms with Crippen molar-refractivity contribution in [2.75, 3.05) is 4.90 Å². The lowest BCUT2D eigenvalue weighted by Crippen LogP contribution is -2.10. The van der Waals surface area contributed by atoms with Crippen LogP contribution in [0.25, 0.3) is 94.6 Å². The number of aromatic nitrogens is 4. The molecule has 5 nitrogen and oxygen atoms in total. The van der Waals surface area contributed by atoms with Crippen LogP contribution in [0.2, 0.25) is 0 Å². The van der Waals surface area contributed by atoms with Gasteiger partial charge in [0.1, 0.15) is 11.3 Å². The van der Waals surface area contributed by atoms with Gasteiger partial charge in [-0.15, -0.1) is 0 Å². The van der Waals surface area contributed by atoms with Crippen LogP contribution in [0, 0.1) is 0 Å². The molecule has 13 aromatic rings. The smallest absolute Gasteiger partial charge is 0.165 e. The van der Waals surface area contributed by atoms with Gasteiger partial charge < -0.3 is 9.47 Å². The molecule has 3 aromatic heterocycles. The average molecular weight is 870 g/mol. The summed E-state index contributed by atoms with van der Waals surface area (Å²) in [5.74, 6) is 0.907. The van der Waals surface area contributed by atoms with Gasteiger partial charge in [-0.2, -0.15) is 0 Å². The molecule has 5 heteroatoms. The first-order chi connectivity index (χ1) is 33.8. The standard InChI is InChI=1S/C63H43N5/c1-6-18-44(19-7-1)46-30-34-51(35-31-46)65(52-36-32-47(33-37-52)45-20-8-2-9-21-45)53-38-40-54(41-39-53)66-57-29-17-16-28-55(57)59-58(66)43-42-56-60(59)67(49-24-12-4-13-25-49)63-61(56)68(50-26-14-5-15-27-50)62(64-63)48-22-10-3-11-23-48/h1-43H. The van der Waals surface area contributed by atoms with Crippen LogP contribution in [0.1, 0.15) is 0 Å². The molecule has 13 rings (SSSR count). The van der Waals surface area contributed by atoms with Gasteiger partial charge in [-0.3, -0.25) is 9.13 Å². The van der Waals surface area contributed by atoms with E-state index in [-0.39, 0.29) is 0 Å². The Morgan fingerprint density at radius 1 is 0.279 bits per heavy atom. The Bertz CT molecular complexity index is 3810. The van der Waals surface area contributed by atoms with Crippen molar-refractivity contribution in [1.82, 2.24) is 18.7 Å². The fraction of sp³-hybridized carbons (Fsp3) is 0. The molecule has 0 amide bonds. The number of nitrogens with zero attached hydrogens (tertiary/aromatic N) is 5. The molecule has 0 atom stereocenters. The van der Waals surface area contributed by atoms with Gasteiger partial charge in [-0.25, -0.2) is 4.98 Å². The van der Waals surface area contributed by atoms with E-state index in [9.17, 15) is 0 Å². The summed E-state index contributed by atoms with van der Waals surface area (Å²) in [6.07, 6.45) is 0. The van der Waals surface area contributed by atoms with Crippen LogP contribution in [0.15, 0.2) is 261 Å². The summed E-state index contributed by atoms with van der Waals surface area (Å²) in [5.41, 5.74) is 17.7. The number of benzene rings is 10. The van der Waals surface area contributed by atoms with E-state index < -0.39 is 0 Å². The van der Waals surface area contributed by atoms with Gasteiger partial charge >= 0.3 is 0 Å². The van der Waals surface area contributed by atoms with Gasteiger partial charge in [0, 0.05) is 55.8 Å². The highest BCUT2D eigenvalue weighted by atomic mass is 15.2. The number of hydrogen-bond acceptors (Lipinski definition) is 2. The first kappa shape index (κ1) is 39.2. The molecule has 320 valence electrons. The first-order valence-electron chi connectivity index (χ1n) is 23.1. The summed E-state index contributed by atoms with van der Waals surface area (Å²) < 4.78 is 7.14. The van der Waals surface area contributed by atoms with Crippen molar-refractivity contribution in [3.05, 3.63) is 261 Å². The van der Waals surface area contributed by atoms with Gasteiger partial charge in [0.25, 0.3) is 0 Å². The van der Waals surface area contributed by atoms with Crippen molar-refractivity contribution in [3.63, 3.8) is 0 Å². The predicted molar refractivity (Wildman–Crippen MR) is 283 cm³/mol. The third-order valence-electron chi connectivity index (χ3n) is 13.3. The molecule has 0 spiro atoms. The Labute approximate surface area is 394 Å². The van der Waals surface area contributed by atoms with E-state index in [1.54, 1.807) is 0 Å². The zero-order valence-corrected chi connectivity index (χ0v) is 37.1. The van der Waals surface area contributed by atoms with Crippen molar-refractivity contribution < 1.29 is 0 Å². The molecule has 10 aromatic carbocycles. The Hall–Kier alpha value is -9.19. The highest BCUT2D eigenvalue weighted by molar-refractivity contribution is 6.25. The van der Waals surface area contributed by atoms with E-state index in [0.717, 1.165) is 78.6 Å². The van der Waals surface area contributed by atoms with E-state index in [0.29, 0.717) is 0 Å². The topological polar surface area (TPSA) is 30.9 Å². The van der Waals surface area contributed by atoms with Gasteiger partial charge in [0.15, 0.2) is 5.65 Å². The molecule has 0 fully saturated rings. The van der Waals surface area contributed by atoms with E-state index in [1.165, 1.54) is 33.0 Å². The summed E-state index contributed by atoms with van der Waals surface area (Å²) in [4.78, 5) is 7.90. The fourth-order valence-corrected chi connectivity index (χ4v) is 10.2. The van der Waals surface area contributed by atoms with Gasteiger partial charge in [-0.1, -0.05) is 170 Å². The Balaban J connectivity index is 0.998. The lowest BCUT2D eigenvalue weighted by molar-refractivity contribution is 1.10. The molecule has 0 aliphatic carbocycles. The second-order valence-corrected chi connectivity index (χ2v) is 17.2. The first-order valence-corrected chi connectivity index (χ1v) is 23.1. The van der Waals surface area contributed by atoms with Crippen molar-refractivity contribution in [3.8, 4) is 50.7 Å². The molecule has 0 aliphatic heterocycles. The number of imidazole rings is 1.